The number of rotatable bonds is 8. The van der Waals surface area contributed by atoms with Gasteiger partial charge in [0.15, 0.2) is 6.04 Å². The normalized spacial score (nSPS) is 12.1. The van der Waals surface area contributed by atoms with Gasteiger partial charge in [0.05, 0.1) is 18.6 Å². The van der Waals surface area contributed by atoms with Crippen molar-refractivity contribution < 1.29 is 27.9 Å². The fourth-order valence-corrected chi connectivity index (χ4v) is 5.64. The number of aryl methyl sites for hydroxylation is 4. The van der Waals surface area contributed by atoms with Crippen LogP contribution in [0, 0.1) is 27.7 Å². The first-order valence-electron chi connectivity index (χ1n) is 11.4. The molecule has 10 heteroatoms. The van der Waals surface area contributed by atoms with Gasteiger partial charge in [-0.2, -0.15) is 0 Å². The number of carbonyl (C=O) groups is 2. The van der Waals surface area contributed by atoms with Gasteiger partial charge in [-0.1, -0.05) is 35.9 Å². The van der Waals surface area contributed by atoms with Crippen molar-refractivity contribution in [1.82, 2.24) is 5.32 Å². The molecule has 0 spiro atoms. The molecule has 3 aromatic carbocycles. The van der Waals surface area contributed by atoms with Crippen LogP contribution in [0.5, 0.6) is 0 Å². The number of benzene rings is 3. The molecular weight excluding hydrogens is 516 g/mol. The quantitative estimate of drug-likeness (QED) is 0.363. The summed E-state index contributed by atoms with van der Waals surface area (Å²) in [5.74, 6) is -1.26. The van der Waals surface area contributed by atoms with Gasteiger partial charge < -0.3 is 15.2 Å². The van der Waals surface area contributed by atoms with E-state index in [2.05, 4.69) is 14.8 Å². The van der Waals surface area contributed by atoms with Crippen molar-refractivity contribution in [1.29, 1.82) is 0 Å². The summed E-state index contributed by atoms with van der Waals surface area (Å²) in [5.41, 5.74) is 4.76. The predicted molar refractivity (Wildman–Crippen MR) is 143 cm³/mol. The minimum absolute atomic E-state index is 0.148. The molecule has 3 N–H and O–H groups in total. The molecule has 0 aromatic heterocycles. The van der Waals surface area contributed by atoms with E-state index in [0.29, 0.717) is 38.5 Å². The van der Waals surface area contributed by atoms with Gasteiger partial charge in [0.1, 0.15) is 0 Å². The first kappa shape index (κ1) is 28.2. The van der Waals surface area contributed by atoms with Gasteiger partial charge in [-0.05, 0) is 85.3 Å². The molecule has 0 radical (unpaired) electrons. The van der Waals surface area contributed by atoms with Crippen molar-refractivity contribution in [3.8, 4) is 11.1 Å². The Labute approximate surface area is 221 Å². The summed E-state index contributed by atoms with van der Waals surface area (Å²) in [4.78, 5) is 24.7. The Kier molecular flexibility index (Phi) is 8.63. The van der Waals surface area contributed by atoms with Crippen LogP contribution in [-0.2, 0) is 19.6 Å². The number of esters is 1. The van der Waals surface area contributed by atoms with E-state index < -0.39 is 34.5 Å². The maximum atomic E-state index is 13.1. The van der Waals surface area contributed by atoms with Gasteiger partial charge in [0, 0.05) is 16.3 Å². The van der Waals surface area contributed by atoms with E-state index in [1.54, 1.807) is 70.2 Å². The number of hydrogen-bond donors (Lipinski definition) is 3. The lowest BCUT2D eigenvalue weighted by Crippen LogP contribution is -2.44. The molecule has 0 saturated carbocycles. The Morgan fingerprint density at radius 3 is 2.19 bits per heavy atom. The predicted octanol–water partition coefficient (Wildman–Crippen LogP) is 4.31. The van der Waals surface area contributed by atoms with Crippen LogP contribution in [0.15, 0.2) is 53.4 Å². The number of hydrogen-bond acceptors (Lipinski definition) is 6. The highest BCUT2D eigenvalue weighted by Crippen LogP contribution is 2.30. The number of anilines is 1. The number of ether oxygens (including phenoxy) is 1. The second kappa shape index (κ2) is 11.3. The summed E-state index contributed by atoms with van der Waals surface area (Å²) >= 11 is 6.12. The first-order chi connectivity index (χ1) is 17.4. The Hall–Kier alpha value is -3.40. The maximum Gasteiger partial charge on any atom is 0.330 e. The zero-order valence-electron chi connectivity index (χ0n) is 21.2. The Morgan fingerprint density at radius 1 is 0.946 bits per heavy atom. The number of aliphatic hydroxyl groups is 1. The number of halogens is 1. The minimum atomic E-state index is -3.86. The molecule has 3 aromatic rings. The largest absolute Gasteiger partial charge is 0.467 e. The Balaban J connectivity index is 1.90. The van der Waals surface area contributed by atoms with E-state index in [1.165, 1.54) is 7.11 Å². The molecule has 1 amide bonds. The number of carbonyl (C=O) groups excluding carboxylic acids is 2. The zero-order valence-corrected chi connectivity index (χ0v) is 22.8. The Bertz CT molecular complexity index is 1450. The third kappa shape index (κ3) is 6.30. The molecule has 0 aliphatic carbocycles. The monoisotopic (exact) mass is 544 g/mol. The summed E-state index contributed by atoms with van der Waals surface area (Å²) in [6, 6.07) is 12.5. The van der Waals surface area contributed by atoms with Crippen molar-refractivity contribution in [2.45, 2.75) is 38.6 Å². The molecule has 1 atom stereocenters. The standard InChI is InChI=1S/C27H29ClN2O6S/c1-15-12-24(16(2)11-22(15)28)37(34,35)30-21-8-6-7-19(13-21)20-9-17(3)25(18(4)10-20)26(32)29-23(14-31)27(33)36-5/h6-13,23,30-31H,14H2,1-5H3,(H,29,32)/t23-/m0/s1. The van der Waals surface area contributed by atoms with Gasteiger partial charge in [-0.3, -0.25) is 9.52 Å². The second-order valence-electron chi connectivity index (χ2n) is 8.77. The minimum Gasteiger partial charge on any atom is -0.467 e. The van der Waals surface area contributed by atoms with E-state index in [4.69, 9.17) is 11.6 Å². The van der Waals surface area contributed by atoms with Gasteiger partial charge in [-0.15, -0.1) is 0 Å². The SMILES string of the molecule is COC(=O)[C@H](CO)NC(=O)c1c(C)cc(-c2cccc(NS(=O)(=O)c3cc(C)c(Cl)cc3C)c2)cc1C. The molecule has 3 rings (SSSR count). The van der Waals surface area contributed by atoms with Crippen molar-refractivity contribution in [3.05, 3.63) is 81.4 Å². The molecule has 0 heterocycles. The smallest absolute Gasteiger partial charge is 0.330 e. The highest BCUT2D eigenvalue weighted by atomic mass is 35.5. The third-order valence-corrected chi connectivity index (χ3v) is 7.86. The topological polar surface area (TPSA) is 122 Å². The zero-order chi connectivity index (χ0) is 27.5. The van der Waals surface area contributed by atoms with Crippen molar-refractivity contribution >= 4 is 39.2 Å². The van der Waals surface area contributed by atoms with E-state index in [9.17, 15) is 23.1 Å². The molecule has 37 heavy (non-hydrogen) atoms. The lowest BCUT2D eigenvalue weighted by atomic mass is 9.95. The van der Waals surface area contributed by atoms with Crippen LogP contribution in [0.2, 0.25) is 5.02 Å². The maximum absolute atomic E-state index is 13.1. The summed E-state index contributed by atoms with van der Waals surface area (Å²) in [6.07, 6.45) is 0. The van der Waals surface area contributed by atoms with Crippen molar-refractivity contribution in [2.75, 3.05) is 18.4 Å². The van der Waals surface area contributed by atoms with Gasteiger partial charge in [0.25, 0.3) is 15.9 Å². The second-order valence-corrected chi connectivity index (χ2v) is 10.8. The average molecular weight is 545 g/mol. The van der Waals surface area contributed by atoms with Gasteiger partial charge >= 0.3 is 5.97 Å². The van der Waals surface area contributed by atoms with Crippen LogP contribution in [0.1, 0.15) is 32.6 Å². The lowest BCUT2D eigenvalue weighted by molar-refractivity contribution is -0.143. The molecule has 0 unspecified atom stereocenters. The van der Waals surface area contributed by atoms with Crippen LogP contribution in [0.3, 0.4) is 0 Å². The number of nitrogens with one attached hydrogen (secondary N) is 2. The van der Waals surface area contributed by atoms with E-state index in [0.717, 1.165) is 11.1 Å². The summed E-state index contributed by atoms with van der Waals surface area (Å²) < 4.78 is 33.4. The van der Waals surface area contributed by atoms with Gasteiger partial charge in [-0.25, -0.2) is 13.2 Å². The molecule has 0 fully saturated rings. The van der Waals surface area contributed by atoms with Crippen LogP contribution >= 0.6 is 11.6 Å². The molecule has 196 valence electrons. The average Bonchev–Trinajstić information content (AvgIpc) is 2.83. The summed E-state index contributed by atoms with van der Waals surface area (Å²) in [7, 11) is -2.68. The molecule has 0 aliphatic rings. The number of aliphatic hydroxyl groups excluding tert-OH is 1. The van der Waals surface area contributed by atoms with Gasteiger partial charge in [0.2, 0.25) is 0 Å². The van der Waals surface area contributed by atoms with Crippen LogP contribution in [0.25, 0.3) is 11.1 Å². The highest BCUT2D eigenvalue weighted by Gasteiger charge is 2.23. The highest BCUT2D eigenvalue weighted by molar-refractivity contribution is 7.92. The Morgan fingerprint density at radius 2 is 1.59 bits per heavy atom. The van der Waals surface area contributed by atoms with Crippen LogP contribution in [-0.4, -0.2) is 45.2 Å². The number of sulfonamides is 1. The lowest BCUT2D eigenvalue weighted by Gasteiger charge is -2.17. The molecule has 0 saturated heterocycles. The number of methoxy groups -OCH3 is 1. The molecule has 0 aliphatic heterocycles. The van der Waals surface area contributed by atoms with E-state index in [-0.39, 0.29) is 4.90 Å². The van der Waals surface area contributed by atoms with Crippen molar-refractivity contribution in [3.63, 3.8) is 0 Å². The molecule has 0 bridgehead atoms. The van der Waals surface area contributed by atoms with Crippen LogP contribution in [0.4, 0.5) is 5.69 Å². The number of amides is 1. The molecular formula is C27H29ClN2O6S. The first-order valence-corrected chi connectivity index (χ1v) is 13.2. The summed E-state index contributed by atoms with van der Waals surface area (Å²) in [6.45, 7) is 6.36. The van der Waals surface area contributed by atoms with Crippen molar-refractivity contribution in [2.24, 2.45) is 0 Å². The third-order valence-electron chi connectivity index (χ3n) is 5.93. The fraction of sp³-hybridized carbons (Fsp3) is 0.259. The van der Waals surface area contributed by atoms with Crippen LogP contribution < -0.4 is 10.0 Å². The molecule has 8 nitrogen and oxygen atoms in total. The van der Waals surface area contributed by atoms with E-state index in [1.807, 2.05) is 6.07 Å². The summed E-state index contributed by atoms with van der Waals surface area (Å²) in [5, 5.41) is 12.4. The fourth-order valence-electron chi connectivity index (χ4n) is 4.06. The van der Waals surface area contributed by atoms with E-state index >= 15 is 0 Å².